The molecular weight excluding hydrogens is 282 g/mol. The predicted molar refractivity (Wildman–Crippen MR) is 81.7 cm³/mol. The Bertz CT molecular complexity index is 558. The molecule has 0 fully saturated rings. The molecule has 1 rings (SSSR count). The number of amides is 2. The van der Waals surface area contributed by atoms with Crippen molar-refractivity contribution in [1.29, 1.82) is 5.26 Å². The van der Waals surface area contributed by atoms with Crippen LogP contribution in [0.1, 0.15) is 26.3 Å². The van der Waals surface area contributed by atoms with Gasteiger partial charge in [-0.25, -0.2) is 4.79 Å². The van der Waals surface area contributed by atoms with Gasteiger partial charge in [-0.3, -0.25) is 9.69 Å². The number of nitriles is 1. The van der Waals surface area contributed by atoms with Crippen LogP contribution in [0.3, 0.4) is 0 Å². The molecule has 0 heterocycles. The van der Waals surface area contributed by atoms with Gasteiger partial charge in [-0.1, -0.05) is 30.3 Å². The lowest BCUT2D eigenvalue weighted by molar-refractivity contribution is -0.123. The van der Waals surface area contributed by atoms with Crippen LogP contribution in [-0.4, -0.2) is 35.1 Å². The van der Waals surface area contributed by atoms with Crippen LogP contribution in [0.15, 0.2) is 30.3 Å². The van der Waals surface area contributed by atoms with Gasteiger partial charge in [0, 0.05) is 6.42 Å². The van der Waals surface area contributed by atoms with Crippen molar-refractivity contribution < 1.29 is 14.3 Å². The third kappa shape index (κ3) is 5.44. The highest BCUT2D eigenvalue weighted by Crippen LogP contribution is 2.14. The smallest absolute Gasteiger partial charge is 0.411 e. The molecule has 118 valence electrons. The lowest BCUT2D eigenvalue weighted by Gasteiger charge is -2.30. The molecule has 22 heavy (non-hydrogen) atoms. The number of rotatable bonds is 5. The topological polar surface area (TPSA) is 96.4 Å². The van der Waals surface area contributed by atoms with Crippen molar-refractivity contribution in [1.82, 2.24) is 4.90 Å². The Hall–Kier alpha value is -2.55. The van der Waals surface area contributed by atoms with Crippen LogP contribution >= 0.6 is 0 Å². The van der Waals surface area contributed by atoms with Crippen LogP contribution in [0.2, 0.25) is 0 Å². The highest BCUT2D eigenvalue weighted by atomic mass is 16.6. The molecule has 6 nitrogen and oxygen atoms in total. The van der Waals surface area contributed by atoms with E-state index in [9.17, 15) is 9.59 Å². The monoisotopic (exact) mass is 303 g/mol. The quantitative estimate of drug-likeness (QED) is 0.839. The Morgan fingerprint density at radius 3 is 2.36 bits per heavy atom. The van der Waals surface area contributed by atoms with Gasteiger partial charge in [0.2, 0.25) is 5.91 Å². The van der Waals surface area contributed by atoms with Crippen LogP contribution in [0.5, 0.6) is 0 Å². The number of carbonyl (C=O) groups excluding carboxylic acids is 2. The average Bonchev–Trinajstić information content (AvgIpc) is 2.41. The largest absolute Gasteiger partial charge is 0.444 e. The molecule has 0 aliphatic carbocycles. The summed E-state index contributed by atoms with van der Waals surface area (Å²) in [6.07, 6.45) is -0.495. The number of nitrogens with zero attached hydrogens (tertiary/aromatic N) is 2. The van der Waals surface area contributed by atoms with Crippen LogP contribution < -0.4 is 5.73 Å². The maximum absolute atomic E-state index is 12.2. The third-order valence-electron chi connectivity index (χ3n) is 2.85. The second kappa shape index (κ2) is 7.46. The molecule has 0 radical (unpaired) electrons. The minimum absolute atomic E-state index is 0.233. The number of benzene rings is 1. The number of primary amides is 1. The van der Waals surface area contributed by atoms with E-state index in [-0.39, 0.29) is 13.0 Å². The minimum atomic E-state index is -0.933. The summed E-state index contributed by atoms with van der Waals surface area (Å²) in [5, 5.41) is 8.93. The molecule has 1 aromatic rings. The maximum atomic E-state index is 12.2. The van der Waals surface area contributed by atoms with E-state index in [1.54, 1.807) is 20.8 Å². The van der Waals surface area contributed by atoms with Crippen molar-refractivity contribution in [3.05, 3.63) is 35.9 Å². The molecule has 0 aromatic heterocycles. The molecule has 1 atom stereocenters. The minimum Gasteiger partial charge on any atom is -0.444 e. The number of ether oxygens (including phenoxy) is 1. The summed E-state index contributed by atoms with van der Waals surface area (Å²) in [5.74, 6) is -0.676. The van der Waals surface area contributed by atoms with E-state index in [0.717, 1.165) is 10.5 Å². The molecular formula is C16H21N3O3. The Morgan fingerprint density at radius 1 is 1.32 bits per heavy atom. The van der Waals surface area contributed by atoms with E-state index in [0.29, 0.717) is 0 Å². The van der Waals surface area contributed by atoms with Crippen LogP contribution in [0, 0.1) is 11.3 Å². The van der Waals surface area contributed by atoms with Gasteiger partial charge in [0.05, 0.1) is 6.07 Å². The summed E-state index contributed by atoms with van der Waals surface area (Å²) in [7, 11) is 0. The van der Waals surface area contributed by atoms with Gasteiger partial charge in [0.1, 0.15) is 18.2 Å². The number of carbonyl (C=O) groups is 2. The van der Waals surface area contributed by atoms with Crippen molar-refractivity contribution in [2.75, 3.05) is 6.54 Å². The van der Waals surface area contributed by atoms with Gasteiger partial charge < -0.3 is 10.5 Å². The Labute approximate surface area is 130 Å². The SMILES string of the molecule is CC(C)(C)OC(=O)N(CC#N)[C@@H](Cc1ccccc1)C(N)=O. The van der Waals surface area contributed by atoms with E-state index in [1.807, 2.05) is 36.4 Å². The van der Waals surface area contributed by atoms with Crippen molar-refractivity contribution in [2.45, 2.75) is 38.8 Å². The Kier molecular flexibility index (Phi) is 5.93. The average molecular weight is 303 g/mol. The van der Waals surface area contributed by atoms with Crippen LogP contribution in [-0.2, 0) is 16.0 Å². The van der Waals surface area contributed by atoms with Gasteiger partial charge >= 0.3 is 6.09 Å². The molecule has 2 N–H and O–H groups in total. The summed E-state index contributed by atoms with van der Waals surface area (Å²) in [6.45, 7) is 4.87. The van der Waals surface area contributed by atoms with Crippen molar-refractivity contribution >= 4 is 12.0 Å². The molecule has 6 heteroatoms. The Morgan fingerprint density at radius 2 is 1.91 bits per heavy atom. The molecule has 0 unspecified atom stereocenters. The number of hydrogen-bond donors (Lipinski definition) is 1. The van der Waals surface area contributed by atoms with Crippen LogP contribution in [0.25, 0.3) is 0 Å². The summed E-state index contributed by atoms with van der Waals surface area (Å²) >= 11 is 0. The van der Waals surface area contributed by atoms with E-state index < -0.39 is 23.6 Å². The number of hydrogen-bond acceptors (Lipinski definition) is 4. The summed E-state index contributed by atoms with van der Waals surface area (Å²) in [4.78, 5) is 25.1. The van der Waals surface area contributed by atoms with Crippen molar-refractivity contribution in [2.24, 2.45) is 5.73 Å². The van der Waals surface area contributed by atoms with Gasteiger partial charge in [-0.15, -0.1) is 0 Å². The van der Waals surface area contributed by atoms with E-state index in [4.69, 9.17) is 15.7 Å². The molecule has 1 aromatic carbocycles. The first-order chi connectivity index (χ1) is 10.2. The Balaban J connectivity index is 2.99. The van der Waals surface area contributed by atoms with Crippen molar-refractivity contribution in [3.8, 4) is 6.07 Å². The summed E-state index contributed by atoms with van der Waals surface area (Å²) < 4.78 is 5.25. The zero-order valence-electron chi connectivity index (χ0n) is 13.1. The first-order valence-electron chi connectivity index (χ1n) is 6.94. The highest BCUT2D eigenvalue weighted by Gasteiger charge is 2.31. The fourth-order valence-corrected chi connectivity index (χ4v) is 1.90. The normalized spacial score (nSPS) is 12.1. The first-order valence-corrected chi connectivity index (χ1v) is 6.94. The fraction of sp³-hybridized carbons (Fsp3) is 0.438. The molecule has 0 spiro atoms. The second-order valence-electron chi connectivity index (χ2n) is 5.87. The molecule has 0 saturated carbocycles. The zero-order chi connectivity index (χ0) is 16.8. The third-order valence-corrected chi connectivity index (χ3v) is 2.85. The maximum Gasteiger partial charge on any atom is 0.411 e. The fourth-order valence-electron chi connectivity index (χ4n) is 1.90. The van der Waals surface area contributed by atoms with Gasteiger partial charge in [0.25, 0.3) is 0 Å². The standard InChI is InChI=1S/C16H21N3O3/c1-16(2,3)22-15(21)19(10-9-17)13(14(18)20)11-12-7-5-4-6-8-12/h4-8,13H,10-11H2,1-3H3,(H2,18,20)/t13-/m0/s1. The zero-order valence-corrected chi connectivity index (χ0v) is 13.1. The molecule has 0 bridgehead atoms. The summed E-state index contributed by atoms with van der Waals surface area (Å²) in [5.41, 5.74) is 5.54. The van der Waals surface area contributed by atoms with Gasteiger partial charge in [-0.05, 0) is 26.3 Å². The van der Waals surface area contributed by atoms with E-state index >= 15 is 0 Å². The predicted octanol–water partition coefficient (Wildman–Crippen LogP) is 1.84. The second-order valence-corrected chi connectivity index (χ2v) is 5.87. The molecule has 0 aliphatic heterocycles. The van der Waals surface area contributed by atoms with Gasteiger partial charge in [-0.2, -0.15) is 5.26 Å². The van der Waals surface area contributed by atoms with Gasteiger partial charge in [0.15, 0.2) is 0 Å². The van der Waals surface area contributed by atoms with Crippen LogP contribution in [0.4, 0.5) is 4.79 Å². The van der Waals surface area contributed by atoms with E-state index in [2.05, 4.69) is 0 Å². The van der Waals surface area contributed by atoms with E-state index in [1.165, 1.54) is 0 Å². The van der Waals surface area contributed by atoms with Crippen molar-refractivity contribution in [3.63, 3.8) is 0 Å². The summed E-state index contributed by atoms with van der Waals surface area (Å²) in [6, 6.07) is 10.1. The lowest BCUT2D eigenvalue weighted by atomic mass is 10.0. The number of nitrogens with two attached hydrogens (primary N) is 1. The molecule has 0 aliphatic rings. The highest BCUT2D eigenvalue weighted by molar-refractivity contribution is 5.84. The lowest BCUT2D eigenvalue weighted by Crippen LogP contribution is -2.50. The first kappa shape index (κ1) is 17.5. The molecule has 0 saturated heterocycles. The molecule has 2 amide bonds.